The zero-order chi connectivity index (χ0) is 15.8. The monoisotopic (exact) mass is 322 g/mol. The zero-order valence-corrected chi connectivity index (χ0v) is 13.3. The van der Waals surface area contributed by atoms with E-state index in [2.05, 4.69) is 6.07 Å². The summed E-state index contributed by atoms with van der Waals surface area (Å²) in [5.41, 5.74) is 2.73. The van der Waals surface area contributed by atoms with Crippen molar-refractivity contribution in [2.45, 2.75) is 0 Å². The number of furan rings is 1. The Hall–Kier alpha value is -2.72. The molecule has 0 aliphatic heterocycles. The molecule has 114 valence electrons. The lowest BCUT2D eigenvalue weighted by molar-refractivity contribution is 0.410. The number of hydrogen-bond donors (Lipinski definition) is 1. The second-order valence-electron chi connectivity index (χ2n) is 5.27. The number of methoxy groups -OCH3 is 1. The van der Waals surface area contributed by atoms with Crippen molar-refractivity contribution in [2.24, 2.45) is 0 Å². The molecule has 0 saturated heterocycles. The van der Waals surface area contributed by atoms with E-state index in [4.69, 9.17) is 9.15 Å². The van der Waals surface area contributed by atoms with E-state index in [1.165, 1.54) is 0 Å². The molecule has 2 aromatic heterocycles. The minimum atomic E-state index is 0.311. The molecule has 4 heteroatoms. The molecule has 0 bridgehead atoms. The van der Waals surface area contributed by atoms with E-state index in [0.717, 1.165) is 32.2 Å². The maximum absolute atomic E-state index is 10.1. The second kappa shape index (κ2) is 5.48. The maximum atomic E-state index is 10.1. The average Bonchev–Trinajstić information content (AvgIpc) is 3.20. The molecular formula is C19H14O3S. The van der Waals surface area contributed by atoms with E-state index in [1.54, 1.807) is 30.8 Å². The van der Waals surface area contributed by atoms with Gasteiger partial charge in [-0.05, 0) is 52.9 Å². The number of phenolic OH excluding ortho intramolecular Hbond substituents is 1. The molecule has 0 atom stereocenters. The van der Waals surface area contributed by atoms with Crippen molar-refractivity contribution in [1.82, 2.24) is 0 Å². The molecule has 0 amide bonds. The number of rotatable bonds is 3. The van der Waals surface area contributed by atoms with Crippen molar-refractivity contribution in [3.05, 3.63) is 59.2 Å². The first-order valence-electron chi connectivity index (χ1n) is 7.18. The molecule has 3 nitrogen and oxygen atoms in total. The van der Waals surface area contributed by atoms with E-state index in [0.29, 0.717) is 11.5 Å². The van der Waals surface area contributed by atoms with Crippen LogP contribution < -0.4 is 4.74 Å². The summed E-state index contributed by atoms with van der Waals surface area (Å²) in [6, 6.07) is 11.7. The minimum Gasteiger partial charge on any atom is -0.507 e. The summed E-state index contributed by atoms with van der Waals surface area (Å²) in [5.74, 6) is 1.02. The first kappa shape index (κ1) is 13.9. The molecule has 0 spiro atoms. The van der Waals surface area contributed by atoms with Gasteiger partial charge in [0.15, 0.2) is 11.3 Å². The van der Waals surface area contributed by atoms with Crippen LogP contribution >= 0.6 is 11.3 Å². The molecule has 4 aromatic rings. The van der Waals surface area contributed by atoms with Crippen LogP contribution in [-0.4, -0.2) is 12.2 Å². The van der Waals surface area contributed by atoms with Crippen molar-refractivity contribution in [3.8, 4) is 11.5 Å². The largest absolute Gasteiger partial charge is 0.507 e. The van der Waals surface area contributed by atoms with Gasteiger partial charge in [0, 0.05) is 15.5 Å². The topological polar surface area (TPSA) is 42.6 Å². The third-order valence-electron chi connectivity index (χ3n) is 3.80. The van der Waals surface area contributed by atoms with Gasteiger partial charge >= 0.3 is 0 Å². The summed E-state index contributed by atoms with van der Waals surface area (Å²) in [6.07, 6.45) is 5.65. The predicted octanol–water partition coefficient (Wildman–Crippen LogP) is 5.53. The molecule has 0 fully saturated rings. The first-order valence-corrected chi connectivity index (χ1v) is 8.06. The Morgan fingerprint density at radius 1 is 1.09 bits per heavy atom. The summed E-state index contributed by atoms with van der Waals surface area (Å²) in [6.45, 7) is 0. The summed E-state index contributed by atoms with van der Waals surface area (Å²) in [7, 11) is 1.63. The van der Waals surface area contributed by atoms with E-state index in [9.17, 15) is 5.11 Å². The average molecular weight is 322 g/mol. The standard InChI is InChI=1S/C19H14O3S/c1-21-17-10-12(8-14-4-6-22-19(14)17)2-3-13-9-16(20)15-5-7-23-18(15)11-13/h2-11,20H,1H3. The van der Waals surface area contributed by atoms with E-state index in [1.807, 2.05) is 41.8 Å². The van der Waals surface area contributed by atoms with Crippen LogP contribution in [0.5, 0.6) is 11.5 Å². The number of thiophene rings is 1. The van der Waals surface area contributed by atoms with Crippen molar-refractivity contribution >= 4 is 44.5 Å². The molecule has 0 radical (unpaired) electrons. The van der Waals surface area contributed by atoms with Gasteiger partial charge in [-0.3, -0.25) is 0 Å². The van der Waals surface area contributed by atoms with E-state index in [-0.39, 0.29) is 0 Å². The zero-order valence-electron chi connectivity index (χ0n) is 12.4. The van der Waals surface area contributed by atoms with E-state index < -0.39 is 0 Å². The SMILES string of the molecule is COc1cc(C=Cc2cc(O)c3ccsc3c2)cc2ccoc12. The number of hydrogen-bond acceptors (Lipinski definition) is 4. The molecular weight excluding hydrogens is 308 g/mol. The molecule has 0 aliphatic carbocycles. The summed E-state index contributed by atoms with van der Waals surface area (Å²) in [4.78, 5) is 0. The third-order valence-corrected chi connectivity index (χ3v) is 4.66. The molecule has 0 saturated carbocycles. The number of phenols is 1. The fraction of sp³-hybridized carbons (Fsp3) is 0.0526. The molecule has 4 rings (SSSR count). The highest BCUT2D eigenvalue weighted by molar-refractivity contribution is 7.17. The van der Waals surface area contributed by atoms with Crippen molar-refractivity contribution in [2.75, 3.05) is 7.11 Å². The van der Waals surface area contributed by atoms with Gasteiger partial charge in [0.25, 0.3) is 0 Å². The number of ether oxygens (including phenoxy) is 1. The minimum absolute atomic E-state index is 0.311. The van der Waals surface area contributed by atoms with Crippen LogP contribution in [0.3, 0.4) is 0 Å². The van der Waals surface area contributed by atoms with Gasteiger partial charge in [-0.25, -0.2) is 0 Å². The lowest BCUT2D eigenvalue weighted by atomic mass is 10.1. The van der Waals surface area contributed by atoms with Crippen molar-refractivity contribution < 1.29 is 14.3 Å². The Bertz CT molecular complexity index is 1020. The molecule has 23 heavy (non-hydrogen) atoms. The summed E-state index contributed by atoms with van der Waals surface area (Å²) >= 11 is 1.62. The third kappa shape index (κ3) is 2.47. The van der Waals surface area contributed by atoms with Crippen molar-refractivity contribution in [1.29, 1.82) is 0 Å². The molecule has 2 heterocycles. The molecule has 2 aromatic carbocycles. The van der Waals surface area contributed by atoms with Crippen LogP contribution in [0.15, 0.2) is 52.5 Å². The Balaban J connectivity index is 1.74. The van der Waals surface area contributed by atoms with Crippen molar-refractivity contribution in [3.63, 3.8) is 0 Å². The highest BCUT2D eigenvalue weighted by Gasteiger charge is 2.06. The molecule has 0 unspecified atom stereocenters. The van der Waals surface area contributed by atoms with Gasteiger partial charge in [0.1, 0.15) is 5.75 Å². The number of aromatic hydroxyl groups is 1. The number of fused-ring (bicyclic) bond motifs is 2. The van der Waals surface area contributed by atoms with Crippen LogP contribution in [0.4, 0.5) is 0 Å². The lowest BCUT2D eigenvalue weighted by Gasteiger charge is -2.03. The predicted molar refractivity (Wildman–Crippen MR) is 95.2 cm³/mol. The Morgan fingerprint density at radius 3 is 2.74 bits per heavy atom. The van der Waals surface area contributed by atoms with Gasteiger partial charge in [-0.2, -0.15) is 0 Å². The number of benzene rings is 2. The van der Waals surface area contributed by atoms with Gasteiger partial charge < -0.3 is 14.3 Å². The van der Waals surface area contributed by atoms with E-state index >= 15 is 0 Å². The Kier molecular flexibility index (Phi) is 3.32. The highest BCUT2D eigenvalue weighted by Crippen LogP contribution is 2.32. The normalized spacial score (nSPS) is 11.7. The summed E-state index contributed by atoms with van der Waals surface area (Å²) in [5, 5.41) is 14.0. The quantitative estimate of drug-likeness (QED) is 0.504. The van der Waals surface area contributed by atoms with Gasteiger partial charge in [-0.1, -0.05) is 12.2 Å². The van der Waals surface area contributed by atoms with Gasteiger partial charge in [-0.15, -0.1) is 11.3 Å². The molecule has 1 N–H and O–H groups in total. The van der Waals surface area contributed by atoms with Crippen LogP contribution in [-0.2, 0) is 0 Å². The first-order chi connectivity index (χ1) is 11.2. The van der Waals surface area contributed by atoms with Gasteiger partial charge in [0.2, 0.25) is 0 Å². The van der Waals surface area contributed by atoms with Crippen LogP contribution in [0.2, 0.25) is 0 Å². The van der Waals surface area contributed by atoms with Crippen LogP contribution in [0.25, 0.3) is 33.2 Å². The smallest absolute Gasteiger partial charge is 0.175 e. The summed E-state index contributed by atoms with van der Waals surface area (Å²) < 4.78 is 11.9. The fourth-order valence-corrected chi connectivity index (χ4v) is 3.54. The highest BCUT2D eigenvalue weighted by atomic mass is 32.1. The maximum Gasteiger partial charge on any atom is 0.175 e. The fourth-order valence-electron chi connectivity index (χ4n) is 2.68. The van der Waals surface area contributed by atoms with Gasteiger partial charge in [0.05, 0.1) is 13.4 Å². The van der Waals surface area contributed by atoms with Crippen LogP contribution in [0.1, 0.15) is 11.1 Å². The van der Waals surface area contributed by atoms with Crippen LogP contribution in [0, 0.1) is 0 Å². The Labute approximate surface area is 137 Å². The lowest BCUT2D eigenvalue weighted by Crippen LogP contribution is -1.84. The second-order valence-corrected chi connectivity index (χ2v) is 6.22. The Morgan fingerprint density at radius 2 is 1.91 bits per heavy atom. The molecule has 0 aliphatic rings.